The normalized spacial score (nSPS) is 12.2. The van der Waals surface area contributed by atoms with Crippen LogP contribution in [-0.2, 0) is 4.79 Å². The Hall–Kier alpha value is -1.14. The second kappa shape index (κ2) is 5.09. The topological polar surface area (TPSA) is 72.5 Å². The first-order valence-corrected chi connectivity index (χ1v) is 4.86. The van der Waals surface area contributed by atoms with E-state index >= 15 is 0 Å². The fourth-order valence-corrected chi connectivity index (χ4v) is 1.20. The number of rotatable bonds is 4. The van der Waals surface area contributed by atoms with Gasteiger partial charge in [0, 0.05) is 6.07 Å². The van der Waals surface area contributed by atoms with E-state index in [1.165, 1.54) is 12.1 Å². The van der Waals surface area contributed by atoms with Crippen molar-refractivity contribution < 1.29 is 19.0 Å². The number of carbonyl (C=O) groups is 1. The molecule has 3 N–H and O–H groups in total. The highest BCUT2D eigenvalue weighted by Gasteiger charge is 2.13. The fourth-order valence-electron chi connectivity index (χ4n) is 0.839. The van der Waals surface area contributed by atoms with Gasteiger partial charge < -0.3 is 15.6 Å². The molecule has 0 aliphatic rings. The number of carboxylic acids is 1. The van der Waals surface area contributed by atoms with Gasteiger partial charge in [-0.1, -0.05) is 0 Å². The summed E-state index contributed by atoms with van der Waals surface area (Å²) in [6.45, 7) is -0.211. The molecular formula is C9H9BrFNO3. The lowest BCUT2D eigenvalue weighted by atomic mass is 10.3. The Morgan fingerprint density at radius 2 is 2.33 bits per heavy atom. The molecule has 0 saturated heterocycles. The molecule has 6 heteroatoms. The summed E-state index contributed by atoms with van der Waals surface area (Å²) in [5.41, 5.74) is 5.22. The Kier molecular flexibility index (Phi) is 4.05. The summed E-state index contributed by atoms with van der Waals surface area (Å²) in [7, 11) is 0. The SMILES string of the molecule is NC(COc1cc(F)ccc1Br)C(=O)O. The highest BCUT2D eigenvalue weighted by molar-refractivity contribution is 9.10. The van der Waals surface area contributed by atoms with Crippen molar-refractivity contribution in [1.82, 2.24) is 0 Å². The molecule has 0 fully saturated rings. The standard InChI is InChI=1S/C9H9BrFNO3/c10-6-2-1-5(11)3-8(6)15-4-7(12)9(13)14/h1-3,7H,4,12H2,(H,13,14). The summed E-state index contributed by atoms with van der Waals surface area (Å²) < 4.78 is 18.4. The molecule has 0 aliphatic heterocycles. The average Bonchev–Trinajstić information content (AvgIpc) is 2.18. The number of halogens is 2. The van der Waals surface area contributed by atoms with Crippen molar-refractivity contribution in [3.8, 4) is 5.75 Å². The summed E-state index contributed by atoms with van der Waals surface area (Å²) in [5.74, 6) is -1.40. The summed E-state index contributed by atoms with van der Waals surface area (Å²) in [6, 6.07) is 2.75. The third-order valence-corrected chi connectivity index (χ3v) is 2.28. The van der Waals surface area contributed by atoms with E-state index in [1.807, 2.05) is 0 Å². The first-order chi connectivity index (χ1) is 7.00. The van der Waals surface area contributed by atoms with Crippen molar-refractivity contribution in [2.24, 2.45) is 5.73 Å². The monoisotopic (exact) mass is 277 g/mol. The van der Waals surface area contributed by atoms with E-state index in [0.717, 1.165) is 6.07 Å². The summed E-state index contributed by atoms with van der Waals surface area (Å²) in [5, 5.41) is 8.49. The van der Waals surface area contributed by atoms with Gasteiger partial charge >= 0.3 is 5.97 Å². The maximum atomic E-state index is 12.8. The molecule has 0 aliphatic carbocycles. The van der Waals surface area contributed by atoms with Crippen molar-refractivity contribution in [3.63, 3.8) is 0 Å². The third-order valence-electron chi connectivity index (χ3n) is 1.63. The molecule has 1 unspecified atom stereocenters. The minimum absolute atomic E-state index is 0.211. The Labute approximate surface area is 94.0 Å². The van der Waals surface area contributed by atoms with Gasteiger partial charge in [0.05, 0.1) is 4.47 Å². The number of ether oxygens (including phenoxy) is 1. The van der Waals surface area contributed by atoms with E-state index in [-0.39, 0.29) is 12.4 Å². The van der Waals surface area contributed by atoms with E-state index in [4.69, 9.17) is 15.6 Å². The number of aliphatic carboxylic acids is 1. The maximum Gasteiger partial charge on any atom is 0.324 e. The molecule has 1 aromatic rings. The maximum absolute atomic E-state index is 12.8. The zero-order chi connectivity index (χ0) is 11.4. The second-order valence-corrected chi connectivity index (χ2v) is 3.68. The second-order valence-electron chi connectivity index (χ2n) is 2.83. The molecular weight excluding hydrogens is 269 g/mol. The van der Waals surface area contributed by atoms with Crippen molar-refractivity contribution in [2.45, 2.75) is 6.04 Å². The molecule has 4 nitrogen and oxygen atoms in total. The molecule has 0 saturated carbocycles. The van der Waals surface area contributed by atoms with Crippen LogP contribution >= 0.6 is 15.9 Å². The van der Waals surface area contributed by atoms with E-state index in [0.29, 0.717) is 4.47 Å². The van der Waals surface area contributed by atoms with Gasteiger partial charge in [0.2, 0.25) is 0 Å². The molecule has 0 amide bonds. The number of carboxylic acid groups (broad SMARTS) is 1. The van der Waals surface area contributed by atoms with Crippen molar-refractivity contribution in [2.75, 3.05) is 6.61 Å². The highest BCUT2D eigenvalue weighted by atomic mass is 79.9. The molecule has 0 bridgehead atoms. The van der Waals surface area contributed by atoms with E-state index in [1.54, 1.807) is 0 Å². The third kappa shape index (κ3) is 3.49. The molecule has 0 spiro atoms. The first kappa shape index (κ1) is 11.9. The fraction of sp³-hybridized carbons (Fsp3) is 0.222. The quantitative estimate of drug-likeness (QED) is 0.872. The van der Waals surface area contributed by atoms with Crippen LogP contribution in [0.5, 0.6) is 5.75 Å². The number of hydrogen-bond donors (Lipinski definition) is 2. The van der Waals surface area contributed by atoms with Gasteiger partial charge in [0.1, 0.15) is 24.2 Å². The summed E-state index contributed by atoms with van der Waals surface area (Å²) in [6.07, 6.45) is 0. The molecule has 1 rings (SSSR count). The Bertz CT molecular complexity index is 372. The number of nitrogens with two attached hydrogens (primary N) is 1. The molecule has 0 heterocycles. The van der Waals surface area contributed by atoms with Crippen LogP contribution in [0.4, 0.5) is 4.39 Å². The lowest BCUT2D eigenvalue weighted by Gasteiger charge is -2.10. The van der Waals surface area contributed by atoms with Crippen LogP contribution in [0.15, 0.2) is 22.7 Å². The van der Waals surface area contributed by atoms with Crippen LogP contribution in [-0.4, -0.2) is 23.7 Å². The summed E-state index contributed by atoms with van der Waals surface area (Å²) in [4.78, 5) is 10.4. The van der Waals surface area contributed by atoms with Crippen LogP contribution in [0.25, 0.3) is 0 Å². The van der Waals surface area contributed by atoms with E-state index in [2.05, 4.69) is 15.9 Å². The van der Waals surface area contributed by atoms with Crippen LogP contribution < -0.4 is 10.5 Å². The van der Waals surface area contributed by atoms with Gasteiger partial charge in [0.25, 0.3) is 0 Å². The van der Waals surface area contributed by atoms with Gasteiger partial charge in [-0.3, -0.25) is 4.79 Å². The number of benzene rings is 1. The molecule has 15 heavy (non-hydrogen) atoms. The molecule has 0 radical (unpaired) electrons. The first-order valence-electron chi connectivity index (χ1n) is 4.07. The van der Waals surface area contributed by atoms with Gasteiger partial charge in [-0.15, -0.1) is 0 Å². The van der Waals surface area contributed by atoms with Gasteiger partial charge in [0.15, 0.2) is 0 Å². The van der Waals surface area contributed by atoms with Crippen LogP contribution in [0.2, 0.25) is 0 Å². The van der Waals surface area contributed by atoms with E-state index in [9.17, 15) is 9.18 Å². The van der Waals surface area contributed by atoms with Crippen LogP contribution in [0.3, 0.4) is 0 Å². The van der Waals surface area contributed by atoms with Crippen LogP contribution in [0, 0.1) is 5.82 Å². The largest absolute Gasteiger partial charge is 0.490 e. The van der Waals surface area contributed by atoms with Gasteiger partial charge in [-0.05, 0) is 28.1 Å². The summed E-state index contributed by atoms with van der Waals surface area (Å²) >= 11 is 3.14. The van der Waals surface area contributed by atoms with Gasteiger partial charge in [-0.25, -0.2) is 4.39 Å². The predicted molar refractivity (Wildman–Crippen MR) is 55.2 cm³/mol. The van der Waals surface area contributed by atoms with Crippen molar-refractivity contribution in [1.29, 1.82) is 0 Å². The Morgan fingerprint density at radius 1 is 1.67 bits per heavy atom. The lowest BCUT2D eigenvalue weighted by molar-refractivity contribution is -0.139. The zero-order valence-corrected chi connectivity index (χ0v) is 9.20. The Morgan fingerprint density at radius 3 is 2.93 bits per heavy atom. The van der Waals surface area contributed by atoms with Crippen molar-refractivity contribution in [3.05, 3.63) is 28.5 Å². The molecule has 1 atom stereocenters. The smallest absolute Gasteiger partial charge is 0.324 e. The minimum Gasteiger partial charge on any atom is -0.490 e. The average molecular weight is 278 g/mol. The lowest BCUT2D eigenvalue weighted by Crippen LogP contribution is -2.36. The number of hydrogen-bond acceptors (Lipinski definition) is 3. The minimum atomic E-state index is -1.16. The molecule has 1 aromatic carbocycles. The highest BCUT2D eigenvalue weighted by Crippen LogP contribution is 2.25. The molecule has 82 valence electrons. The predicted octanol–water partition coefficient (Wildman–Crippen LogP) is 1.38. The molecule has 0 aromatic heterocycles. The van der Waals surface area contributed by atoms with Crippen molar-refractivity contribution >= 4 is 21.9 Å². The van der Waals surface area contributed by atoms with E-state index < -0.39 is 17.8 Å². The van der Waals surface area contributed by atoms with Crippen LogP contribution in [0.1, 0.15) is 0 Å². The van der Waals surface area contributed by atoms with Gasteiger partial charge in [-0.2, -0.15) is 0 Å². The Balaban J connectivity index is 2.65. The zero-order valence-electron chi connectivity index (χ0n) is 7.61.